The van der Waals surface area contributed by atoms with Crippen molar-refractivity contribution in [2.45, 2.75) is 6.54 Å². The van der Waals surface area contributed by atoms with Crippen LogP contribution in [0.15, 0.2) is 23.8 Å². The van der Waals surface area contributed by atoms with Crippen LogP contribution in [-0.4, -0.2) is 39.2 Å². The molecule has 98 valence electrons. The Labute approximate surface area is 114 Å². The number of nitrogens with zero attached hydrogens (tertiary/aromatic N) is 3. The largest absolute Gasteiger partial charge is 0.384 e. The molecule has 2 heterocycles. The van der Waals surface area contributed by atoms with Crippen LogP contribution in [0.4, 0.5) is 0 Å². The number of amides is 1. The van der Waals surface area contributed by atoms with Crippen molar-refractivity contribution in [1.29, 1.82) is 0 Å². The van der Waals surface area contributed by atoms with E-state index in [1.165, 1.54) is 11.3 Å². The third kappa shape index (κ3) is 3.91. The van der Waals surface area contributed by atoms with Gasteiger partial charge in [-0.25, -0.2) is 0 Å². The Morgan fingerprint density at radius 2 is 2.47 bits per heavy atom. The summed E-state index contributed by atoms with van der Waals surface area (Å²) in [5.41, 5.74) is 0.575. The van der Waals surface area contributed by atoms with E-state index in [9.17, 15) is 4.79 Å². The number of nitrogens with one attached hydrogen (secondary N) is 1. The molecule has 0 aromatic carbocycles. The molecule has 0 bridgehead atoms. The number of hydrogen-bond donors (Lipinski definition) is 2. The highest BCUT2D eigenvalue weighted by Crippen LogP contribution is 2.13. The number of aliphatic hydroxyl groups is 1. The van der Waals surface area contributed by atoms with Crippen molar-refractivity contribution in [3.63, 3.8) is 0 Å². The average Bonchev–Trinajstić information content (AvgIpc) is 3.07. The highest BCUT2D eigenvalue weighted by atomic mass is 32.1. The molecule has 2 N–H and O–H groups in total. The van der Waals surface area contributed by atoms with E-state index in [1.807, 2.05) is 0 Å². The quantitative estimate of drug-likeness (QED) is 0.777. The fraction of sp³-hybridized carbons (Fsp3) is 0.250. The van der Waals surface area contributed by atoms with E-state index in [0.29, 0.717) is 18.7 Å². The van der Waals surface area contributed by atoms with Gasteiger partial charge in [-0.3, -0.25) is 9.48 Å². The molecule has 6 nitrogen and oxygen atoms in total. The Hall–Kier alpha value is -2.17. The first-order chi connectivity index (χ1) is 9.29. The van der Waals surface area contributed by atoms with E-state index in [-0.39, 0.29) is 12.5 Å². The fourth-order valence-corrected chi connectivity index (χ4v) is 2.14. The lowest BCUT2D eigenvalue weighted by Gasteiger charge is -2.02. The van der Waals surface area contributed by atoms with Crippen LogP contribution < -0.4 is 5.32 Å². The summed E-state index contributed by atoms with van der Waals surface area (Å²) in [6.07, 6.45) is 3.33. The van der Waals surface area contributed by atoms with Crippen LogP contribution in [0.3, 0.4) is 0 Å². The molecule has 7 heteroatoms. The first-order valence-corrected chi connectivity index (χ1v) is 6.48. The molecule has 19 heavy (non-hydrogen) atoms. The summed E-state index contributed by atoms with van der Waals surface area (Å²) in [6.45, 7) is 0.875. The van der Waals surface area contributed by atoms with Gasteiger partial charge in [-0.15, -0.1) is 16.4 Å². The molecule has 0 spiro atoms. The topological polar surface area (TPSA) is 80.0 Å². The standard InChI is InChI=1S/C12H12N4O2S/c17-7-1-2-11-8-10(9-19-11)12(18)13-3-5-16-6-4-14-15-16/h4,6,8-9,17H,3,5,7H2,(H,13,18). The van der Waals surface area contributed by atoms with E-state index >= 15 is 0 Å². The lowest BCUT2D eigenvalue weighted by Crippen LogP contribution is -2.27. The third-order valence-electron chi connectivity index (χ3n) is 2.25. The van der Waals surface area contributed by atoms with Crippen molar-refractivity contribution in [1.82, 2.24) is 20.3 Å². The average molecular weight is 276 g/mol. The first-order valence-electron chi connectivity index (χ1n) is 5.60. The van der Waals surface area contributed by atoms with Crippen molar-refractivity contribution < 1.29 is 9.90 Å². The number of carbonyl (C=O) groups is 1. The van der Waals surface area contributed by atoms with Crippen LogP contribution in [0, 0.1) is 11.8 Å². The Balaban J connectivity index is 1.84. The molecule has 0 unspecified atom stereocenters. The molecule has 1 amide bonds. The molecule has 2 aromatic rings. The van der Waals surface area contributed by atoms with Crippen molar-refractivity contribution >= 4 is 17.2 Å². The van der Waals surface area contributed by atoms with Gasteiger partial charge in [0, 0.05) is 18.1 Å². The zero-order valence-electron chi connectivity index (χ0n) is 10.0. The van der Waals surface area contributed by atoms with Crippen LogP contribution in [0.25, 0.3) is 0 Å². The first kappa shape index (κ1) is 13.3. The van der Waals surface area contributed by atoms with E-state index in [4.69, 9.17) is 5.11 Å². The van der Waals surface area contributed by atoms with Crippen LogP contribution in [0.5, 0.6) is 0 Å². The second-order valence-electron chi connectivity index (χ2n) is 3.58. The summed E-state index contributed by atoms with van der Waals surface area (Å²) in [7, 11) is 0. The number of rotatable bonds is 4. The van der Waals surface area contributed by atoms with E-state index in [0.717, 1.165) is 4.88 Å². The molecule has 0 saturated carbocycles. The third-order valence-corrected chi connectivity index (χ3v) is 3.10. The van der Waals surface area contributed by atoms with Gasteiger partial charge in [-0.1, -0.05) is 17.1 Å². The van der Waals surface area contributed by atoms with Crippen LogP contribution in [0.1, 0.15) is 15.2 Å². The Kier molecular flexibility index (Phi) is 4.66. The zero-order valence-corrected chi connectivity index (χ0v) is 10.9. The number of carbonyl (C=O) groups excluding carboxylic acids is 1. The summed E-state index contributed by atoms with van der Waals surface area (Å²) in [6, 6.07) is 1.71. The number of aromatic nitrogens is 3. The minimum Gasteiger partial charge on any atom is -0.384 e. The van der Waals surface area contributed by atoms with E-state index in [1.54, 1.807) is 28.5 Å². The summed E-state index contributed by atoms with van der Waals surface area (Å²) in [5, 5.41) is 20.6. The van der Waals surface area contributed by atoms with Crippen molar-refractivity contribution in [2.75, 3.05) is 13.2 Å². The molecular formula is C12H12N4O2S. The Morgan fingerprint density at radius 3 is 3.21 bits per heavy atom. The summed E-state index contributed by atoms with van der Waals surface area (Å²) in [5.74, 6) is 5.16. The van der Waals surface area contributed by atoms with E-state index < -0.39 is 0 Å². The molecule has 2 aromatic heterocycles. The van der Waals surface area contributed by atoms with Gasteiger partial charge in [0.05, 0.1) is 23.2 Å². The van der Waals surface area contributed by atoms with Gasteiger partial charge >= 0.3 is 0 Å². The van der Waals surface area contributed by atoms with Gasteiger partial charge in [-0.05, 0) is 6.07 Å². The predicted molar refractivity (Wildman–Crippen MR) is 70.6 cm³/mol. The molecule has 0 atom stereocenters. The van der Waals surface area contributed by atoms with Gasteiger partial charge in [0.25, 0.3) is 5.91 Å². The smallest absolute Gasteiger partial charge is 0.252 e. The normalized spacial score (nSPS) is 9.74. The SMILES string of the molecule is O=C(NCCn1ccnn1)c1csc(C#CCO)c1. The molecule has 0 aliphatic rings. The van der Waals surface area contributed by atoms with Gasteiger partial charge < -0.3 is 10.4 Å². The van der Waals surface area contributed by atoms with Crippen LogP contribution in [-0.2, 0) is 6.54 Å². The maximum atomic E-state index is 11.8. The summed E-state index contributed by atoms with van der Waals surface area (Å²) < 4.78 is 1.64. The van der Waals surface area contributed by atoms with Gasteiger partial charge in [-0.2, -0.15) is 0 Å². The zero-order chi connectivity index (χ0) is 13.5. The summed E-state index contributed by atoms with van der Waals surface area (Å²) >= 11 is 1.38. The molecule has 0 aliphatic carbocycles. The van der Waals surface area contributed by atoms with Crippen LogP contribution >= 0.6 is 11.3 Å². The lowest BCUT2D eigenvalue weighted by molar-refractivity contribution is 0.0952. The van der Waals surface area contributed by atoms with Crippen molar-refractivity contribution in [2.24, 2.45) is 0 Å². The van der Waals surface area contributed by atoms with Crippen molar-refractivity contribution in [3.05, 3.63) is 34.3 Å². The maximum Gasteiger partial charge on any atom is 0.252 e. The predicted octanol–water partition coefficient (Wildman–Crippen LogP) is 0.113. The Morgan fingerprint density at radius 1 is 1.58 bits per heavy atom. The number of thiophene rings is 1. The second-order valence-corrected chi connectivity index (χ2v) is 4.49. The Bertz CT molecular complexity index is 595. The second kappa shape index (κ2) is 6.68. The highest BCUT2D eigenvalue weighted by molar-refractivity contribution is 7.10. The van der Waals surface area contributed by atoms with E-state index in [2.05, 4.69) is 27.5 Å². The molecule has 0 fully saturated rings. The fourth-order valence-electron chi connectivity index (χ4n) is 1.39. The van der Waals surface area contributed by atoms with Gasteiger partial charge in [0.15, 0.2) is 0 Å². The van der Waals surface area contributed by atoms with Crippen LogP contribution in [0.2, 0.25) is 0 Å². The molecule has 0 aliphatic heterocycles. The minimum absolute atomic E-state index is 0.145. The maximum absolute atomic E-state index is 11.8. The number of aliphatic hydroxyl groups excluding tert-OH is 1. The number of hydrogen-bond acceptors (Lipinski definition) is 5. The van der Waals surface area contributed by atoms with Gasteiger partial charge in [0.1, 0.15) is 6.61 Å². The molecule has 0 radical (unpaired) electrons. The molecule has 2 rings (SSSR count). The molecular weight excluding hydrogens is 264 g/mol. The lowest BCUT2D eigenvalue weighted by atomic mass is 10.3. The molecule has 0 saturated heterocycles. The van der Waals surface area contributed by atoms with Crippen molar-refractivity contribution in [3.8, 4) is 11.8 Å². The highest BCUT2D eigenvalue weighted by Gasteiger charge is 2.07. The summed E-state index contributed by atoms with van der Waals surface area (Å²) in [4.78, 5) is 12.6. The minimum atomic E-state index is -0.183. The van der Waals surface area contributed by atoms with Gasteiger partial charge in [0.2, 0.25) is 0 Å². The monoisotopic (exact) mass is 276 g/mol.